The van der Waals surface area contributed by atoms with Gasteiger partial charge in [-0.15, -0.1) is 5.06 Å². The topological polar surface area (TPSA) is 72.9 Å². The molecule has 1 aromatic rings. The molecule has 0 radical (unpaired) electrons. The van der Waals surface area contributed by atoms with Crippen LogP contribution in [0.4, 0.5) is 0 Å². The molecule has 0 N–H and O–H groups in total. The minimum absolute atomic E-state index is 0.0837. The lowest BCUT2D eigenvalue weighted by molar-refractivity contribution is -0.200. The number of benzene rings is 1. The number of hydroxylamine groups is 2. The van der Waals surface area contributed by atoms with Crippen molar-refractivity contribution in [3.8, 4) is 5.75 Å². The number of hydrogen-bond donors (Lipinski definition) is 0. The van der Waals surface area contributed by atoms with Gasteiger partial charge in [0.1, 0.15) is 12.4 Å². The van der Waals surface area contributed by atoms with E-state index in [1.165, 1.54) is 0 Å². The van der Waals surface area contributed by atoms with Crippen molar-refractivity contribution in [1.82, 2.24) is 5.06 Å². The summed E-state index contributed by atoms with van der Waals surface area (Å²) in [5, 5.41) is 0.546. The highest BCUT2D eigenvalue weighted by Gasteiger charge is 2.34. The van der Waals surface area contributed by atoms with Crippen molar-refractivity contribution in [2.75, 3.05) is 6.61 Å². The minimum atomic E-state index is -0.661. The maximum atomic E-state index is 11.8. The Bertz CT molecular complexity index is 536. The molecular formula is C15H17NO5. The molecule has 1 unspecified atom stereocenters. The average molecular weight is 291 g/mol. The zero-order valence-electron chi connectivity index (χ0n) is 12.0. The van der Waals surface area contributed by atoms with Gasteiger partial charge in [0, 0.05) is 12.8 Å². The highest BCUT2D eigenvalue weighted by atomic mass is 16.7. The van der Waals surface area contributed by atoms with Gasteiger partial charge in [0.15, 0.2) is 0 Å². The van der Waals surface area contributed by atoms with E-state index >= 15 is 0 Å². The highest BCUT2D eigenvalue weighted by molar-refractivity contribution is 6.01. The summed E-state index contributed by atoms with van der Waals surface area (Å²) in [6.45, 7) is 3.69. The predicted octanol–water partition coefficient (Wildman–Crippen LogP) is 1.62. The number of carbonyl (C=O) groups is 3. The summed E-state index contributed by atoms with van der Waals surface area (Å²) in [4.78, 5) is 39.3. The zero-order valence-corrected chi connectivity index (χ0v) is 12.0. The third-order valence-electron chi connectivity index (χ3n) is 3.11. The maximum Gasteiger partial charge on any atom is 0.339 e. The fraction of sp³-hybridized carbons (Fsp3) is 0.400. The van der Waals surface area contributed by atoms with E-state index in [9.17, 15) is 14.4 Å². The van der Waals surface area contributed by atoms with Crippen LogP contribution in [0.5, 0.6) is 5.75 Å². The molecule has 1 atom stereocenters. The van der Waals surface area contributed by atoms with Gasteiger partial charge in [0.2, 0.25) is 0 Å². The second-order valence-electron chi connectivity index (χ2n) is 5.02. The first-order valence-electron chi connectivity index (χ1n) is 6.74. The lowest BCUT2D eigenvalue weighted by Crippen LogP contribution is -2.35. The molecule has 0 bridgehead atoms. The molecule has 21 heavy (non-hydrogen) atoms. The van der Waals surface area contributed by atoms with E-state index in [0.717, 1.165) is 5.56 Å². The third-order valence-corrected chi connectivity index (χ3v) is 3.11. The molecule has 0 saturated carbocycles. The zero-order chi connectivity index (χ0) is 15.4. The molecule has 112 valence electrons. The molecule has 1 fully saturated rings. The first-order valence-corrected chi connectivity index (χ1v) is 6.74. The van der Waals surface area contributed by atoms with E-state index in [0.29, 0.717) is 10.8 Å². The summed E-state index contributed by atoms with van der Waals surface area (Å²) in [6.07, 6.45) is 0.167. The van der Waals surface area contributed by atoms with Gasteiger partial charge in [-0.3, -0.25) is 9.59 Å². The summed E-state index contributed by atoms with van der Waals surface area (Å²) >= 11 is 0. The van der Waals surface area contributed by atoms with Gasteiger partial charge in [0.25, 0.3) is 11.8 Å². The molecule has 1 heterocycles. The Kier molecular flexibility index (Phi) is 4.57. The number of hydrogen-bond acceptors (Lipinski definition) is 5. The largest absolute Gasteiger partial charge is 0.493 e. The maximum absolute atomic E-state index is 11.8. The van der Waals surface area contributed by atoms with E-state index in [1.807, 2.05) is 19.1 Å². The number of ether oxygens (including phenoxy) is 1. The number of rotatable bonds is 5. The summed E-state index contributed by atoms with van der Waals surface area (Å²) < 4.78 is 5.47. The standard InChI is InChI=1S/C15H17NO5/c1-10-3-5-12(6-4-10)20-9-11(2)15(19)21-16-13(17)7-8-14(16)18/h3-6,11H,7-9H2,1-2H3. The van der Waals surface area contributed by atoms with Crippen molar-refractivity contribution in [3.05, 3.63) is 29.8 Å². The minimum Gasteiger partial charge on any atom is -0.493 e. The van der Waals surface area contributed by atoms with Gasteiger partial charge in [0.05, 0.1) is 5.92 Å². The van der Waals surface area contributed by atoms with Crippen LogP contribution in [0.1, 0.15) is 25.3 Å². The molecular weight excluding hydrogens is 274 g/mol. The van der Waals surface area contributed by atoms with Crippen molar-refractivity contribution >= 4 is 17.8 Å². The smallest absolute Gasteiger partial charge is 0.339 e. The van der Waals surface area contributed by atoms with Crippen LogP contribution >= 0.6 is 0 Å². The Labute approximate surface area is 122 Å². The van der Waals surface area contributed by atoms with Crippen molar-refractivity contribution < 1.29 is 24.0 Å². The summed E-state index contributed by atoms with van der Waals surface area (Å²) in [5.41, 5.74) is 1.11. The fourth-order valence-electron chi connectivity index (χ4n) is 1.76. The molecule has 6 heteroatoms. The molecule has 1 aromatic carbocycles. The highest BCUT2D eigenvalue weighted by Crippen LogP contribution is 2.16. The first-order chi connectivity index (χ1) is 9.97. The predicted molar refractivity (Wildman–Crippen MR) is 73.0 cm³/mol. The van der Waals surface area contributed by atoms with Crippen LogP contribution in [0.2, 0.25) is 0 Å². The van der Waals surface area contributed by atoms with Crippen LogP contribution in [0.25, 0.3) is 0 Å². The summed E-state index contributed by atoms with van der Waals surface area (Å²) in [7, 11) is 0. The van der Waals surface area contributed by atoms with E-state index in [1.54, 1.807) is 19.1 Å². The van der Waals surface area contributed by atoms with E-state index in [4.69, 9.17) is 9.57 Å². The monoisotopic (exact) mass is 291 g/mol. The Morgan fingerprint density at radius 3 is 2.33 bits per heavy atom. The molecule has 6 nitrogen and oxygen atoms in total. The molecule has 2 rings (SSSR count). The Balaban J connectivity index is 1.83. The number of aryl methyl sites for hydroxylation is 1. The molecule has 2 amide bonds. The van der Waals surface area contributed by atoms with Gasteiger partial charge in [-0.25, -0.2) is 4.79 Å². The first kappa shape index (κ1) is 15.0. The molecule has 0 aromatic heterocycles. The van der Waals surface area contributed by atoms with Crippen LogP contribution < -0.4 is 4.74 Å². The van der Waals surface area contributed by atoms with Gasteiger partial charge in [-0.2, -0.15) is 0 Å². The van der Waals surface area contributed by atoms with E-state index in [-0.39, 0.29) is 19.4 Å². The van der Waals surface area contributed by atoms with Gasteiger partial charge in [-0.1, -0.05) is 17.7 Å². The summed E-state index contributed by atoms with van der Waals surface area (Å²) in [6, 6.07) is 7.42. The molecule has 0 aliphatic carbocycles. The van der Waals surface area contributed by atoms with Crippen LogP contribution in [-0.4, -0.2) is 29.5 Å². The SMILES string of the molecule is Cc1ccc(OCC(C)C(=O)ON2C(=O)CCC2=O)cc1. The van der Waals surface area contributed by atoms with Crippen LogP contribution in [-0.2, 0) is 19.2 Å². The van der Waals surface area contributed by atoms with Crippen molar-refractivity contribution in [2.24, 2.45) is 5.92 Å². The Morgan fingerprint density at radius 1 is 1.19 bits per heavy atom. The second-order valence-corrected chi connectivity index (χ2v) is 5.02. The lowest BCUT2D eigenvalue weighted by Gasteiger charge is -2.16. The lowest BCUT2D eigenvalue weighted by atomic mass is 10.2. The normalized spacial score (nSPS) is 16.0. The van der Waals surface area contributed by atoms with Gasteiger partial charge < -0.3 is 9.57 Å². The van der Waals surface area contributed by atoms with Crippen LogP contribution in [0.15, 0.2) is 24.3 Å². The molecule has 0 spiro atoms. The Hall–Kier alpha value is -2.37. The molecule has 1 saturated heterocycles. The van der Waals surface area contributed by atoms with Gasteiger partial charge >= 0.3 is 5.97 Å². The Morgan fingerprint density at radius 2 is 1.76 bits per heavy atom. The number of nitrogens with zero attached hydrogens (tertiary/aromatic N) is 1. The average Bonchev–Trinajstić information content (AvgIpc) is 2.78. The second kappa shape index (κ2) is 6.39. The van der Waals surface area contributed by atoms with Crippen molar-refractivity contribution in [2.45, 2.75) is 26.7 Å². The van der Waals surface area contributed by atoms with E-state index < -0.39 is 23.7 Å². The molecule has 1 aliphatic heterocycles. The molecule has 1 aliphatic rings. The quantitative estimate of drug-likeness (QED) is 0.771. The number of carbonyl (C=O) groups excluding carboxylic acids is 3. The van der Waals surface area contributed by atoms with E-state index in [2.05, 4.69) is 0 Å². The van der Waals surface area contributed by atoms with Gasteiger partial charge in [-0.05, 0) is 26.0 Å². The van der Waals surface area contributed by atoms with Crippen molar-refractivity contribution in [1.29, 1.82) is 0 Å². The summed E-state index contributed by atoms with van der Waals surface area (Å²) in [5.74, 6) is -1.58. The number of amides is 2. The van der Waals surface area contributed by atoms with Crippen LogP contribution in [0.3, 0.4) is 0 Å². The van der Waals surface area contributed by atoms with Crippen molar-refractivity contribution in [3.63, 3.8) is 0 Å². The third kappa shape index (κ3) is 3.81. The fourth-order valence-corrected chi connectivity index (χ4v) is 1.76. The number of imide groups is 1. The van der Waals surface area contributed by atoms with Crippen LogP contribution in [0, 0.1) is 12.8 Å².